The van der Waals surface area contributed by atoms with E-state index in [2.05, 4.69) is 9.97 Å². The zero-order valence-electron chi connectivity index (χ0n) is 19.2. The predicted molar refractivity (Wildman–Crippen MR) is 114 cm³/mol. The molecule has 38 heavy (non-hydrogen) atoms. The summed E-state index contributed by atoms with van der Waals surface area (Å²) in [6.45, 7) is 1.28. The van der Waals surface area contributed by atoms with E-state index in [9.17, 15) is 31.1 Å². The van der Waals surface area contributed by atoms with Crippen molar-refractivity contribution in [3.63, 3.8) is 0 Å². The lowest BCUT2D eigenvalue weighted by molar-refractivity contribution is -0.193. The highest BCUT2D eigenvalue weighted by atomic mass is 19.4. The Morgan fingerprint density at radius 3 is 1.92 bits per heavy atom. The largest absolute Gasteiger partial charge is 0.490 e. The number of ether oxygens (including phenoxy) is 2. The monoisotopic (exact) mass is 553 g/mol. The van der Waals surface area contributed by atoms with Crippen LogP contribution in [0, 0.1) is 0 Å². The molecule has 3 atom stereocenters. The van der Waals surface area contributed by atoms with E-state index in [1.54, 1.807) is 18.5 Å². The molecular weight excluding hydrogens is 532 g/mol. The van der Waals surface area contributed by atoms with Gasteiger partial charge in [-0.05, 0) is 24.6 Å². The maximum atomic E-state index is 12.8. The average molecular weight is 553 g/mol. The molecule has 2 N–H and O–H groups in total. The summed E-state index contributed by atoms with van der Waals surface area (Å²) in [7, 11) is 0. The molecule has 2 fully saturated rings. The number of rotatable bonds is 3. The van der Waals surface area contributed by atoms with E-state index in [0.717, 1.165) is 12.8 Å². The van der Waals surface area contributed by atoms with Crippen LogP contribution in [0.4, 0.5) is 26.3 Å². The number of carboxylic acid groups (broad SMARTS) is 2. The van der Waals surface area contributed by atoms with Gasteiger partial charge in [0.25, 0.3) is 5.91 Å². The number of halogens is 6. The number of aliphatic carboxylic acids is 2. The van der Waals surface area contributed by atoms with Gasteiger partial charge in [-0.1, -0.05) is 12.1 Å². The Morgan fingerprint density at radius 2 is 1.45 bits per heavy atom. The van der Waals surface area contributed by atoms with Crippen molar-refractivity contribution in [2.45, 2.75) is 43.4 Å². The SMILES string of the molecule is O=C(O)C(F)(F)F.O=C(O)C(F)(F)F.O=C(c1ccccn1)N1CC[C@@H](Oc2ccccn2)[C@H]2OCC[C@@H]21. The van der Waals surface area contributed by atoms with Crippen LogP contribution in [0.3, 0.4) is 0 Å². The van der Waals surface area contributed by atoms with Crippen molar-refractivity contribution >= 4 is 17.8 Å². The fourth-order valence-electron chi connectivity index (χ4n) is 3.47. The third kappa shape index (κ3) is 8.86. The molecule has 4 rings (SSSR count). The molecule has 0 bridgehead atoms. The van der Waals surface area contributed by atoms with Gasteiger partial charge in [-0.25, -0.2) is 14.6 Å². The first-order valence-electron chi connectivity index (χ1n) is 10.7. The van der Waals surface area contributed by atoms with E-state index in [-0.39, 0.29) is 24.2 Å². The molecule has 0 radical (unpaired) electrons. The Kier molecular flexibility index (Phi) is 10.4. The van der Waals surface area contributed by atoms with Crippen molar-refractivity contribution in [2.75, 3.05) is 13.2 Å². The van der Waals surface area contributed by atoms with Gasteiger partial charge >= 0.3 is 24.3 Å². The number of carbonyl (C=O) groups excluding carboxylic acids is 1. The molecule has 16 heteroatoms. The first-order valence-corrected chi connectivity index (χ1v) is 10.7. The van der Waals surface area contributed by atoms with Crippen LogP contribution in [0.25, 0.3) is 0 Å². The molecule has 10 nitrogen and oxygen atoms in total. The highest BCUT2D eigenvalue weighted by Crippen LogP contribution is 2.31. The zero-order valence-corrected chi connectivity index (χ0v) is 19.2. The van der Waals surface area contributed by atoms with Crippen molar-refractivity contribution in [2.24, 2.45) is 0 Å². The quantitative estimate of drug-likeness (QED) is 0.549. The van der Waals surface area contributed by atoms with Crippen molar-refractivity contribution in [1.29, 1.82) is 0 Å². The molecule has 0 spiro atoms. The van der Waals surface area contributed by atoms with Crippen molar-refractivity contribution in [3.05, 3.63) is 54.5 Å². The predicted octanol–water partition coefficient (Wildman–Crippen LogP) is 3.19. The van der Waals surface area contributed by atoms with Crippen LogP contribution in [0.5, 0.6) is 5.88 Å². The maximum absolute atomic E-state index is 12.8. The third-order valence-corrected chi connectivity index (χ3v) is 5.06. The summed E-state index contributed by atoms with van der Waals surface area (Å²) in [5.74, 6) is -4.95. The summed E-state index contributed by atoms with van der Waals surface area (Å²) >= 11 is 0. The smallest absolute Gasteiger partial charge is 0.475 e. The Balaban J connectivity index is 0.000000301. The van der Waals surface area contributed by atoms with Gasteiger partial charge in [0.1, 0.15) is 17.9 Å². The number of piperidine rings is 1. The normalized spacial score (nSPS) is 20.6. The summed E-state index contributed by atoms with van der Waals surface area (Å²) in [6.07, 6.45) is -5.47. The Hall–Kier alpha value is -3.95. The second-order valence-electron chi connectivity index (χ2n) is 7.62. The number of carboxylic acids is 2. The second-order valence-corrected chi connectivity index (χ2v) is 7.62. The van der Waals surface area contributed by atoms with Crippen molar-refractivity contribution in [1.82, 2.24) is 14.9 Å². The molecule has 2 aromatic heterocycles. The summed E-state index contributed by atoms with van der Waals surface area (Å²) in [5, 5.41) is 14.2. The summed E-state index contributed by atoms with van der Waals surface area (Å²) in [6, 6.07) is 11.0. The number of carbonyl (C=O) groups is 3. The molecule has 0 aromatic carbocycles. The number of likely N-dealkylation sites (tertiary alicyclic amines) is 1. The van der Waals surface area contributed by atoms with E-state index >= 15 is 0 Å². The molecule has 2 aromatic rings. The lowest BCUT2D eigenvalue weighted by atomic mass is 9.95. The molecule has 2 saturated heterocycles. The maximum Gasteiger partial charge on any atom is 0.490 e. The van der Waals surface area contributed by atoms with Gasteiger partial charge in [0.15, 0.2) is 0 Å². The van der Waals surface area contributed by atoms with Crippen LogP contribution in [0.1, 0.15) is 23.3 Å². The average Bonchev–Trinajstić information content (AvgIpc) is 3.35. The van der Waals surface area contributed by atoms with E-state index in [1.165, 1.54) is 0 Å². The standard InChI is InChI=1S/C18H19N3O3.2C2HF3O2/c22-18(13-5-1-3-9-19-13)21-11-7-15(17-14(21)8-12-23-17)24-16-6-2-4-10-20-16;2*3-2(4,5)1(6)7/h1-6,9-10,14-15,17H,7-8,11-12H2;2*(H,6,7)/t14-,15+,17-;;/m0../s1. The van der Waals surface area contributed by atoms with Gasteiger partial charge in [0, 0.05) is 38.0 Å². The minimum absolute atomic E-state index is 0.0296. The first kappa shape index (κ1) is 30.3. The second kappa shape index (κ2) is 13.0. The lowest BCUT2D eigenvalue weighted by Gasteiger charge is -2.40. The number of hydrogen-bond donors (Lipinski definition) is 2. The Bertz CT molecular complexity index is 1050. The van der Waals surface area contributed by atoms with Crippen molar-refractivity contribution < 1.29 is 60.4 Å². The number of alkyl halides is 6. The summed E-state index contributed by atoms with van der Waals surface area (Å²) in [5.41, 5.74) is 0.479. The molecule has 0 aliphatic carbocycles. The fraction of sp³-hybridized carbons (Fsp3) is 0.409. The minimum atomic E-state index is -5.08. The molecule has 0 saturated carbocycles. The van der Waals surface area contributed by atoms with E-state index < -0.39 is 24.3 Å². The highest BCUT2D eigenvalue weighted by Gasteiger charge is 2.45. The van der Waals surface area contributed by atoms with Crippen LogP contribution >= 0.6 is 0 Å². The molecule has 2 aliphatic heterocycles. The molecule has 1 amide bonds. The number of fused-ring (bicyclic) bond motifs is 1. The Morgan fingerprint density at radius 1 is 0.895 bits per heavy atom. The van der Waals surface area contributed by atoms with E-state index in [1.807, 2.05) is 35.2 Å². The number of amides is 1. The molecule has 208 valence electrons. The van der Waals surface area contributed by atoms with E-state index in [0.29, 0.717) is 24.7 Å². The molecule has 0 unspecified atom stereocenters. The van der Waals surface area contributed by atoms with E-state index in [4.69, 9.17) is 29.3 Å². The van der Waals surface area contributed by atoms with Crippen LogP contribution in [0.15, 0.2) is 48.8 Å². The van der Waals surface area contributed by atoms with Crippen LogP contribution < -0.4 is 4.74 Å². The fourth-order valence-corrected chi connectivity index (χ4v) is 3.47. The molecule has 4 heterocycles. The van der Waals surface area contributed by atoms with Gasteiger partial charge in [-0.15, -0.1) is 0 Å². The topological polar surface area (TPSA) is 139 Å². The van der Waals surface area contributed by atoms with Gasteiger partial charge in [0.05, 0.1) is 6.04 Å². The number of aromatic nitrogens is 2. The first-order chi connectivity index (χ1) is 17.7. The van der Waals surface area contributed by atoms with Crippen molar-refractivity contribution in [3.8, 4) is 5.88 Å². The number of pyridine rings is 2. The number of hydrogen-bond acceptors (Lipinski definition) is 7. The lowest BCUT2D eigenvalue weighted by Crippen LogP contribution is -2.56. The van der Waals surface area contributed by atoms with Gasteiger partial charge in [-0.2, -0.15) is 26.3 Å². The summed E-state index contributed by atoms with van der Waals surface area (Å²) in [4.78, 5) is 40.8. The van der Waals surface area contributed by atoms with Crippen LogP contribution in [-0.2, 0) is 14.3 Å². The minimum Gasteiger partial charge on any atom is -0.475 e. The van der Waals surface area contributed by atoms with Gasteiger partial charge in [0.2, 0.25) is 5.88 Å². The third-order valence-electron chi connectivity index (χ3n) is 5.06. The zero-order chi connectivity index (χ0) is 28.5. The van der Waals surface area contributed by atoms with Crippen LogP contribution in [0.2, 0.25) is 0 Å². The van der Waals surface area contributed by atoms with Gasteiger partial charge in [-0.3, -0.25) is 9.78 Å². The highest BCUT2D eigenvalue weighted by molar-refractivity contribution is 5.92. The van der Waals surface area contributed by atoms with Crippen LogP contribution in [-0.4, -0.2) is 86.7 Å². The molecule has 2 aliphatic rings. The summed E-state index contributed by atoms with van der Waals surface area (Å²) < 4.78 is 75.4. The number of nitrogens with zero attached hydrogens (tertiary/aromatic N) is 3. The Labute approximate surface area is 210 Å². The van der Waals surface area contributed by atoms with Gasteiger partial charge < -0.3 is 24.6 Å². The molecular formula is C22H21F6N3O7.